The number of carbonyl (C=O) groups excluding carboxylic acids is 2. The van der Waals surface area contributed by atoms with Crippen LogP contribution in [0.15, 0.2) is 48.6 Å². The van der Waals surface area contributed by atoms with Gasteiger partial charge in [-0.3, -0.25) is 9.59 Å². The molecular weight excluding hydrogens is 464 g/mol. The van der Waals surface area contributed by atoms with Gasteiger partial charge in [0.1, 0.15) is 11.6 Å². The van der Waals surface area contributed by atoms with E-state index in [0.717, 1.165) is 44.9 Å². The molecule has 2 heteroatoms. The van der Waals surface area contributed by atoms with Crippen molar-refractivity contribution in [2.75, 3.05) is 0 Å². The summed E-state index contributed by atoms with van der Waals surface area (Å²) in [6.45, 7) is 6.48. The van der Waals surface area contributed by atoms with E-state index in [4.69, 9.17) is 0 Å². The lowest BCUT2D eigenvalue weighted by Gasteiger charge is -2.12. The van der Waals surface area contributed by atoms with E-state index in [9.17, 15) is 9.59 Å². The highest BCUT2D eigenvalue weighted by Gasteiger charge is 2.23. The van der Waals surface area contributed by atoms with E-state index in [0.29, 0.717) is 19.3 Å². The molecule has 0 aliphatic rings. The summed E-state index contributed by atoms with van der Waals surface area (Å²) in [4.78, 5) is 25.2. The van der Waals surface area contributed by atoms with Crippen LogP contribution >= 0.6 is 0 Å². The summed E-state index contributed by atoms with van der Waals surface area (Å²) in [5.74, 6) is -0.0414. The number of allylic oxidation sites excluding steroid dienone is 8. The van der Waals surface area contributed by atoms with Crippen LogP contribution in [0, 0.1) is 5.92 Å². The fourth-order valence-electron chi connectivity index (χ4n) is 4.73. The third-order valence-electron chi connectivity index (χ3n) is 7.21. The third-order valence-corrected chi connectivity index (χ3v) is 7.21. The van der Waals surface area contributed by atoms with Crippen molar-refractivity contribution in [2.45, 2.75) is 162 Å². The Morgan fingerprint density at radius 3 is 1.29 bits per heavy atom. The molecule has 0 spiro atoms. The number of hydrogen-bond donors (Lipinski definition) is 0. The highest BCUT2D eigenvalue weighted by Crippen LogP contribution is 2.17. The molecule has 0 fully saturated rings. The van der Waals surface area contributed by atoms with Gasteiger partial charge in [0.05, 0.1) is 5.92 Å². The fourth-order valence-corrected chi connectivity index (χ4v) is 4.73. The molecule has 218 valence electrons. The average Bonchev–Trinajstić information content (AvgIpc) is 2.92. The number of ketones is 2. The molecule has 0 aromatic heterocycles. The quantitative estimate of drug-likeness (QED) is 0.0577. The summed E-state index contributed by atoms with van der Waals surface area (Å²) < 4.78 is 0. The Kier molecular flexibility index (Phi) is 28.5. The summed E-state index contributed by atoms with van der Waals surface area (Å²) in [5, 5.41) is 0. The average molecular weight is 527 g/mol. The minimum Gasteiger partial charge on any atom is -0.299 e. The van der Waals surface area contributed by atoms with Crippen molar-refractivity contribution < 1.29 is 9.59 Å². The lowest BCUT2D eigenvalue weighted by molar-refractivity contribution is -0.133. The summed E-state index contributed by atoms with van der Waals surface area (Å²) in [7, 11) is 0. The van der Waals surface area contributed by atoms with E-state index in [-0.39, 0.29) is 17.5 Å². The summed E-state index contributed by atoms with van der Waals surface area (Å²) >= 11 is 0. The Morgan fingerprint density at radius 1 is 0.447 bits per heavy atom. The van der Waals surface area contributed by atoms with Crippen molar-refractivity contribution in [1.82, 2.24) is 0 Å². The second-order valence-corrected chi connectivity index (χ2v) is 10.8. The predicted molar refractivity (Wildman–Crippen MR) is 169 cm³/mol. The van der Waals surface area contributed by atoms with Gasteiger partial charge in [-0.05, 0) is 57.8 Å². The zero-order valence-corrected chi connectivity index (χ0v) is 25.6. The van der Waals surface area contributed by atoms with Crippen LogP contribution in [0.2, 0.25) is 0 Å². The molecule has 0 aromatic rings. The second-order valence-electron chi connectivity index (χ2n) is 10.8. The normalized spacial score (nSPS) is 13.0. The Bertz CT molecular complexity index is 652. The van der Waals surface area contributed by atoms with Gasteiger partial charge in [0, 0.05) is 12.8 Å². The molecule has 1 unspecified atom stereocenters. The van der Waals surface area contributed by atoms with Crippen LogP contribution in [0.1, 0.15) is 162 Å². The molecule has 0 saturated carbocycles. The number of Topliss-reactive ketones (excluding diaryl/α,β-unsaturated/α-hetero) is 2. The largest absolute Gasteiger partial charge is 0.299 e. The van der Waals surface area contributed by atoms with Crippen molar-refractivity contribution in [2.24, 2.45) is 5.92 Å². The number of hydrogen-bond acceptors (Lipinski definition) is 2. The van der Waals surface area contributed by atoms with E-state index in [1.165, 1.54) is 77.0 Å². The lowest BCUT2D eigenvalue weighted by Crippen LogP contribution is -2.23. The molecule has 0 N–H and O–H groups in total. The molecule has 0 bridgehead atoms. The maximum Gasteiger partial charge on any atom is 0.143 e. The predicted octanol–water partition coefficient (Wildman–Crippen LogP) is 11.6. The zero-order valence-electron chi connectivity index (χ0n) is 25.6. The van der Waals surface area contributed by atoms with E-state index in [2.05, 4.69) is 62.5 Å². The van der Waals surface area contributed by atoms with Gasteiger partial charge in [0.15, 0.2) is 0 Å². The van der Waals surface area contributed by atoms with Crippen molar-refractivity contribution in [3.63, 3.8) is 0 Å². The van der Waals surface area contributed by atoms with Crippen molar-refractivity contribution in [3.05, 3.63) is 48.6 Å². The second kappa shape index (κ2) is 29.9. The van der Waals surface area contributed by atoms with Gasteiger partial charge in [0.25, 0.3) is 0 Å². The van der Waals surface area contributed by atoms with E-state index in [1.807, 2.05) is 6.92 Å². The van der Waals surface area contributed by atoms with Gasteiger partial charge in [-0.25, -0.2) is 0 Å². The zero-order chi connectivity index (χ0) is 27.9. The van der Waals surface area contributed by atoms with Crippen LogP contribution in [0.3, 0.4) is 0 Å². The molecule has 0 saturated heterocycles. The Balaban J connectivity index is 3.79. The molecular formula is C36H62O2. The number of carbonyl (C=O) groups is 2. The molecule has 0 amide bonds. The molecule has 0 aliphatic heterocycles. The third kappa shape index (κ3) is 24.6. The minimum atomic E-state index is -0.370. The Hall–Kier alpha value is -1.70. The summed E-state index contributed by atoms with van der Waals surface area (Å²) in [6, 6.07) is 0. The van der Waals surface area contributed by atoms with Crippen molar-refractivity contribution >= 4 is 11.6 Å². The highest BCUT2D eigenvalue weighted by molar-refractivity contribution is 6.02. The molecule has 2 nitrogen and oxygen atoms in total. The highest BCUT2D eigenvalue weighted by atomic mass is 16.1. The van der Waals surface area contributed by atoms with Gasteiger partial charge < -0.3 is 0 Å². The van der Waals surface area contributed by atoms with Crippen LogP contribution in [0.4, 0.5) is 0 Å². The van der Waals surface area contributed by atoms with Gasteiger partial charge in [-0.2, -0.15) is 0 Å². The minimum absolute atomic E-state index is 0.153. The first-order valence-electron chi connectivity index (χ1n) is 16.3. The first-order valence-corrected chi connectivity index (χ1v) is 16.3. The van der Waals surface area contributed by atoms with Crippen LogP contribution in [0.25, 0.3) is 0 Å². The van der Waals surface area contributed by atoms with E-state index in [1.54, 1.807) is 0 Å². The lowest BCUT2D eigenvalue weighted by atomic mass is 9.90. The Labute approximate surface area is 237 Å². The van der Waals surface area contributed by atoms with Crippen molar-refractivity contribution in [1.29, 1.82) is 0 Å². The van der Waals surface area contributed by atoms with Crippen LogP contribution in [0.5, 0.6) is 0 Å². The molecule has 1 atom stereocenters. The monoisotopic (exact) mass is 526 g/mol. The maximum absolute atomic E-state index is 12.6. The smallest absolute Gasteiger partial charge is 0.143 e. The van der Waals surface area contributed by atoms with Crippen LogP contribution in [-0.2, 0) is 9.59 Å². The number of unbranched alkanes of at least 4 members (excludes halogenated alkanes) is 13. The maximum atomic E-state index is 12.6. The van der Waals surface area contributed by atoms with E-state index >= 15 is 0 Å². The SMILES string of the molecule is CCCCC/C=C\C/C=C\C/C=C\C/C=C\CCCC(=O)C(CC)C(=O)CCCCCCCCCCCC. The molecule has 38 heavy (non-hydrogen) atoms. The van der Waals surface area contributed by atoms with Gasteiger partial charge in [0.2, 0.25) is 0 Å². The van der Waals surface area contributed by atoms with Crippen LogP contribution in [-0.4, -0.2) is 11.6 Å². The van der Waals surface area contributed by atoms with Gasteiger partial charge in [-0.15, -0.1) is 0 Å². The van der Waals surface area contributed by atoms with Gasteiger partial charge >= 0.3 is 0 Å². The summed E-state index contributed by atoms with van der Waals surface area (Å²) in [5.41, 5.74) is 0. The first-order chi connectivity index (χ1) is 18.7. The fraction of sp³-hybridized carbons (Fsp3) is 0.722. The molecule has 0 heterocycles. The first kappa shape index (κ1) is 36.3. The van der Waals surface area contributed by atoms with Crippen LogP contribution < -0.4 is 0 Å². The topological polar surface area (TPSA) is 34.1 Å². The Morgan fingerprint density at radius 2 is 0.816 bits per heavy atom. The van der Waals surface area contributed by atoms with Crippen molar-refractivity contribution in [3.8, 4) is 0 Å². The molecule has 0 rings (SSSR count). The molecule has 0 radical (unpaired) electrons. The molecule has 0 aliphatic carbocycles. The van der Waals surface area contributed by atoms with E-state index < -0.39 is 0 Å². The molecule has 0 aromatic carbocycles. The summed E-state index contributed by atoms with van der Waals surface area (Å²) in [6.07, 6.45) is 42.1. The van der Waals surface area contributed by atoms with Gasteiger partial charge in [-0.1, -0.05) is 140 Å². The standard InChI is InChI=1S/C36H62O2/c1-4-7-9-11-13-15-17-18-19-20-21-22-23-25-27-29-31-33-36(38)34(6-3)35(37)32-30-28-26-24-16-14-12-10-8-5-2/h13,15,18-19,21-22,25,27,34H,4-12,14,16-17,20,23-24,26,28-33H2,1-3H3/b15-13-,19-18-,22-21-,27-25-. The number of rotatable bonds is 28.